The zero-order valence-corrected chi connectivity index (χ0v) is 12.2. The third-order valence-electron chi connectivity index (χ3n) is 4.32. The zero-order valence-electron chi connectivity index (χ0n) is 12.2. The number of hydrogen-bond donors (Lipinski definition) is 1. The maximum Gasteiger partial charge on any atom is 0.408 e. The Balaban J connectivity index is 1.88. The molecule has 106 valence electrons. The monoisotopic (exact) mass is 264 g/mol. The van der Waals surface area contributed by atoms with Crippen molar-refractivity contribution in [3.63, 3.8) is 0 Å². The summed E-state index contributed by atoms with van der Waals surface area (Å²) in [6.45, 7) is 5.48. The summed E-state index contributed by atoms with van der Waals surface area (Å²) in [6, 6.07) is 1.84. The predicted molar refractivity (Wildman–Crippen MR) is 72.4 cm³/mol. The van der Waals surface area contributed by atoms with Crippen molar-refractivity contribution >= 4 is 6.09 Å². The van der Waals surface area contributed by atoms with Crippen molar-refractivity contribution in [2.75, 3.05) is 0 Å². The van der Waals surface area contributed by atoms with E-state index in [1.54, 1.807) is 0 Å². The minimum absolute atomic E-state index is 0.324. The SMILES string of the molecule is CC(C)(C)OC(=O)NC(C#N)C1CC12CCCCC2. The molecule has 1 N–H and O–H groups in total. The van der Waals surface area contributed by atoms with Crippen LogP contribution in [-0.2, 0) is 4.74 Å². The van der Waals surface area contributed by atoms with E-state index in [1.165, 1.54) is 32.1 Å². The van der Waals surface area contributed by atoms with Crippen LogP contribution in [0.5, 0.6) is 0 Å². The number of rotatable bonds is 2. The molecular weight excluding hydrogens is 240 g/mol. The van der Waals surface area contributed by atoms with Crippen molar-refractivity contribution < 1.29 is 9.53 Å². The van der Waals surface area contributed by atoms with Gasteiger partial charge in [0.05, 0.1) is 6.07 Å². The molecule has 0 aromatic rings. The molecule has 2 saturated carbocycles. The minimum atomic E-state index is -0.518. The molecule has 2 rings (SSSR count). The van der Waals surface area contributed by atoms with Gasteiger partial charge in [0.25, 0.3) is 0 Å². The molecule has 4 nitrogen and oxygen atoms in total. The molecule has 0 aliphatic heterocycles. The quantitative estimate of drug-likeness (QED) is 0.831. The summed E-state index contributed by atoms with van der Waals surface area (Å²) in [5, 5.41) is 12.0. The van der Waals surface area contributed by atoms with Gasteiger partial charge in [-0.05, 0) is 51.4 Å². The van der Waals surface area contributed by atoms with Crippen LogP contribution >= 0.6 is 0 Å². The van der Waals surface area contributed by atoms with Crippen molar-refractivity contribution in [3.05, 3.63) is 0 Å². The smallest absolute Gasteiger partial charge is 0.408 e. The Bertz CT molecular complexity index is 386. The molecule has 0 aromatic heterocycles. The van der Waals surface area contributed by atoms with Gasteiger partial charge in [-0.15, -0.1) is 0 Å². The summed E-state index contributed by atoms with van der Waals surface area (Å²) in [6.07, 6.45) is 6.88. The zero-order chi connectivity index (χ0) is 14.1. The van der Waals surface area contributed by atoms with Crippen molar-refractivity contribution in [2.45, 2.75) is 70.9 Å². The molecular formula is C15H24N2O2. The van der Waals surface area contributed by atoms with E-state index in [9.17, 15) is 10.1 Å². The lowest BCUT2D eigenvalue weighted by Crippen LogP contribution is -2.40. The molecule has 0 heterocycles. The molecule has 2 aliphatic rings. The maximum atomic E-state index is 11.7. The van der Waals surface area contributed by atoms with Gasteiger partial charge < -0.3 is 10.1 Å². The van der Waals surface area contributed by atoms with E-state index in [2.05, 4.69) is 11.4 Å². The van der Waals surface area contributed by atoms with Crippen LogP contribution in [0.25, 0.3) is 0 Å². The highest BCUT2D eigenvalue weighted by Gasteiger charge is 2.57. The van der Waals surface area contributed by atoms with Gasteiger partial charge in [0.1, 0.15) is 11.6 Å². The standard InChI is InChI=1S/C15H24N2O2/c1-14(2,3)19-13(18)17-12(10-16)11-9-15(11)7-5-4-6-8-15/h11-12H,4-9H2,1-3H3,(H,17,18). The Hall–Kier alpha value is -1.24. The van der Waals surface area contributed by atoms with Gasteiger partial charge in [0, 0.05) is 0 Å². The second-order valence-electron chi connectivity index (χ2n) is 6.99. The van der Waals surface area contributed by atoms with Crippen molar-refractivity contribution in [1.29, 1.82) is 5.26 Å². The lowest BCUT2D eigenvalue weighted by molar-refractivity contribution is 0.0506. The lowest BCUT2D eigenvalue weighted by Gasteiger charge is -2.25. The van der Waals surface area contributed by atoms with Gasteiger partial charge in [-0.2, -0.15) is 5.26 Å². The van der Waals surface area contributed by atoms with Gasteiger partial charge in [0.15, 0.2) is 0 Å². The topological polar surface area (TPSA) is 62.1 Å². The number of alkyl carbamates (subject to hydrolysis) is 1. The summed E-state index contributed by atoms with van der Waals surface area (Å²) in [5.41, 5.74) is -0.177. The molecule has 0 aromatic carbocycles. The second kappa shape index (κ2) is 5.03. The number of carbonyl (C=O) groups is 1. The van der Waals surface area contributed by atoms with Crippen LogP contribution in [0.2, 0.25) is 0 Å². The number of nitriles is 1. The number of nitrogens with one attached hydrogen (secondary N) is 1. The normalized spacial score (nSPS) is 26.3. The first-order chi connectivity index (χ1) is 8.86. The van der Waals surface area contributed by atoms with E-state index in [-0.39, 0.29) is 0 Å². The molecule has 2 unspecified atom stereocenters. The fraction of sp³-hybridized carbons (Fsp3) is 0.867. The minimum Gasteiger partial charge on any atom is -0.444 e. The molecule has 1 amide bonds. The molecule has 2 aliphatic carbocycles. The first-order valence-electron chi connectivity index (χ1n) is 7.25. The Labute approximate surface area is 115 Å². The van der Waals surface area contributed by atoms with E-state index in [0.717, 1.165) is 6.42 Å². The predicted octanol–water partition coefficient (Wildman–Crippen LogP) is 3.37. The molecule has 2 fully saturated rings. The van der Waals surface area contributed by atoms with Gasteiger partial charge in [-0.25, -0.2) is 4.79 Å². The summed E-state index contributed by atoms with van der Waals surface area (Å²) in [5.74, 6) is 0.324. The van der Waals surface area contributed by atoms with Gasteiger partial charge in [-0.3, -0.25) is 0 Å². The second-order valence-corrected chi connectivity index (χ2v) is 6.99. The number of hydrogen-bond acceptors (Lipinski definition) is 3. The van der Waals surface area contributed by atoms with Crippen molar-refractivity contribution in [1.82, 2.24) is 5.32 Å². The van der Waals surface area contributed by atoms with Crippen molar-refractivity contribution in [3.8, 4) is 6.07 Å². The molecule has 1 spiro atoms. The third-order valence-corrected chi connectivity index (χ3v) is 4.32. The number of nitrogens with zero attached hydrogens (tertiary/aromatic N) is 1. The average Bonchev–Trinajstić information content (AvgIpc) is 2.98. The Kier molecular flexibility index (Phi) is 3.75. The van der Waals surface area contributed by atoms with Gasteiger partial charge in [-0.1, -0.05) is 19.3 Å². The molecule has 19 heavy (non-hydrogen) atoms. The van der Waals surface area contributed by atoms with Crippen LogP contribution in [0.15, 0.2) is 0 Å². The molecule has 0 bridgehead atoms. The third kappa shape index (κ3) is 3.40. The van der Waals surface area contributed by atoms with E-state index < -0.39 is 17.7 Å². The van der Waals surface area contributed by atoms with E-state index in [0.29, 0.717) is 11.3 Å². The number of ether oxygens (including phenoxy) is 1. The fourth-order valence-corrected chi connectivity index (χ4v) is 3.34. The van der Waals surface area contributed by atoms with Crippen LogP contribution < -0.4 is 5.32 Å². The fourth-order valence-electron chi connectivity index (χ4n) is 3.34. The highest BCUT2D eigenvalue weighted by Crippen LogP contribution is 2.62. The summed E-state index contributed by atoms with van der Waals surface area (Å²) >= 11 is 0. The van der Waals surface area contributed by atoms with Crippen LogP contribution in [0.4, 0.5) is 4.79 Å². The summed E-state index contributed by atoms with van der Waals surface area (Å²) in [7, 11) is 0. The Morgan fingerprint density at radius 1 is 1.37 bits per heavy atom. The molecule has 0 saturated heterocycles. The maximum absolute atomic E-state index is 11.7. The summed E-state index contributed by atoms with van der Waals surface area (Å²) < 4.78 is 5.22. The van der Waals surface area contributed by atoms with Gasteiger partial charge >= 0.3 is 6.09 Å². The Morgan fingerprint density at radius 2 is 2.00 bits per heavy atom. The number of carbonyl (C=O) groups excluding carboxylic acids is 1. The molecule has 0 radical (unpaired) electrons. The average molecular weight is 264 g/mol. The first kappa shape index (κ1) is 14.2. The lowest BCUT2D eigenvalue weighted by atomic mass is 9.83. The van der Waals surface area contributed by atoms with Crippen LogP contribution in [0.1, 0.15) is 59.3 Å². The van der Waals surface area contributed by atoms with E-state index in [1.807, 2.05) is 20.8 Å². The van der Waals surface area contributed by atoms with Gasteiger partial charge in [0.2, 0.25) is 0 Å². The highest BCUT2D eigenvalue weighted by atomic mass is 16.6. The highest BCUT2D eigenvalue weighted by molar-refractivity contribution is 5.68. The first-order valence-corrected chi connectivity index (χ1v) is 7.25. The summed E-state index contributed by atoms with van der Waals surface area (Å²) in [4.78, 5) is 11.7. The van der Waals surface area contributed by atoms with Crippen LogP contribution in [0, 0.1) is 22.7 Å². The Morgan fingerprint density at radius 3 is 2.53 bits per heavy atom. The van der Waals surface area contributed by atoms with E-state index >= 15 is 0 Å². The van der Waals surface area contributed by atoms with Crippen LogP contribution in [0.3, 0.4) is 0 Å². The van der Waals surface area contributed by atoms with Crippen LogP contribution in [-0.4, -0.2) is 17.7 Å². The molecule has 2 atom stereocenters. The van der Waals surface area contributed by atoms with Crippen molar-refractivity contribution in [2.24, 2.45) is 11.3 Å². The molecule has 4 heteroatoms. The number of amides is 1. The van der Waals surface area contributed by atoms with E-state index in [4.69, 9.17) is 4.74 Å². The largest absolute Gasteiger partial charge is 0.444 e.